The zero-order chi connectivity index (χ0) is 20.1. The van der Waals surface area contributed by atoms with E-state index in [1.165, 1.54) is 31.3 Å². The second-order valence-electron chi connectivity index (χ2n) is 5.99. The van der Waals surface area contributed by atoms with Gasteiger partial charge in [-0.3, -0.25) is 14.4 Å². The SMILES string of the molecule is CN(c1ccc(OCc2ccccc2)cc1)S(=O)(=O)c1ccc([N+](=O)[O-])cc1. The van der Waals surface area contributed by atoms with Gasteiger partial charge in [0.15, 0.2) is 0 Å². The van der Waals surface area contributed by atoms with Crippen LogP contribution in [0.5, 0.6) is 5.75 Å². The zero-order valence-corrected chi connectivity index (χ0v) is 15.9. The molecule has 0 N–H and O–H groups in total. The lowest BCUT2D eigenvalue weighted by Gasteiger charge is -2.19. The van der Waals surface area contributed by atoms with E-state index >= 15 is 0 Å². The Bertz CT molecular complexity index is 1050. The average molecular weight is 398 g/mol. The van der Waals surface area contributed by atoms with Crippen molar-refractivity contribution in [1.82, 2.24) is 0 Å². The van der Waals surface area contributed by atoms with Gasteiger partial charge >= 0.3 is 0 Å². The molecule has 0 amide bonds. The van der Waals surface area contributed by atoms with Crippen molar-refractivity contribution in [3.8, 4) is 5.75 Å². The number of non-ortho nitro benzene ring substituents is 1. The molecule has 0 aliphatic heterocycles. The number of hydrogen-bond acceptors (Lipinski definition) is 5. The van der Waals surface area contributed by atoms with E-state index in [1.807, 2.05) is 30.3 Å². The summed E-state index contributed by atoms with van der Waals surface area (Å²) in [5.74, 6) is 0.619. The summed E-state index contributed by atoms with van der Waals surface area (Å²) in [7, 11) is -2.41. The Balaban J connectivity index is 1.72. The van der Waals surface area contributed by atoms with Gasteiger partial charge in [0.2, 0.25) is 0 Å². The van der Waals surface area contributed by atoms with Gasteiger partial charge in [-0.15, -0.1) is 0 Å². The molecule has 0 bridgehead atoms. The largest absolute Gasteiger partial charge is 0.489 e. The van der Waals surface area contributed by atoms with Crippen LogP contribution in [0.1, 0.15) is 5.56 Å². The molecule has 0 radical (unpaired) electrons. The molecule has 3 aromatic rings. The van der Waals surface area contributed by atoms with Crippen LogP contribution in [0.4, 0.5) is 11.4 Å². The molecular weight excluding hydrogens is 380 g/mol. The number of nitrogens with zero attached hydrogens (tertiary/aromatic N) is 2. The topological polar surface area (TPSA) is 89.8 Å². The Labute approximate surface area is 163 Å². The average Bonchev–Trinajstić information content (AvgIpc) is 2.73. The van der Waals surface area contributed by atoms with Crippen LogP contribution in [0, 0.1) is 10.1 Å². The van der Waals surface area contributed by atoms with Crippen molar-refractivity contribution < 1.29 is 18.1 Å². The lowest BCUT2D eigenvalue weighted by molar-refractivity contribution is -0.384. The highest BCUT2D eigenvalue weighted by molar-refractivity contribution is 7.92. The molecule has 0 spiro atoms. The van der Waals surface area contributed by atoms with Gasteiger partial charge in [0.05, 0.1) is 15.5 Å². The van der Waals surface area contributed by atoms with Gasteiger partial charge in [-0.05, 0) is 42.0 Å². The summed E-state index contributed by atoms with van der Waals surface area (Å²) in [6.07, 6.45) is 0. The summed E-state index contributed by atoms with van der Waals surface area (Å²) in [4.78, 5) is 10.1. The second-order valence-corrected chi connectivity index (χ2v) is 7.96. The Hall–Kier alpha value is -3.39. The highest BCUT2D eigenvalue weighted by atomic mass is 32.2. The molecule has 0 aliphatic rings. The predicted octanol–water partition coefficient (Wildman–Crippen LogP) is 4.00. The van der Waals surface area contributed by atoms with Gasteiger partial charge in [0, 0.05) is 19.2 Å². The Morgan fingerprint density at radius 1 is 0.929 bits per heavy atom. The van der Waals surface area contributed by atoms with Gasteiger partial charge < -0.3 is 4.74 Å². The minimum Gasteiger partial charge on any atom is -0.489 e. The van der Waals surface area contributed by atoms with E-state index in [4.69, 9.17) is 4.74 Å². The van der Waals surface area contributed by atoms with Crippen LogP contribution in [0.3, 0.4) is 0 Å². The summed E-state index contributed by atoms with van der Waals surface area (Å²) in [5, 5.41) is 10.7. The number of sulfonamides is 1. The highest BCUT2D eigenvalue weighted by Crippen LogP contribution is 2.25. The Morgan fingerprint density at radius 3 is 2.11 bits per heavy atom. The van der Waals surface area contributed by atoms with Gasteiger partial charge in [0.25, 0.3) is 15.7 Å². The third-order valence-electron chi connectivity index (χ3n) is 4.15. The van der Waals surface area contributed by atoms with E-state index < -0.39 is 14.9 Å². The molecule has 0 atom stereocenters. The van der Waals surface area contributed by atoms with E-state index in [0.717, 1.165) is 9.87 Å². The first-order chi connectivity index (χ1) is 13.4. The molecule has 0 saturated carbocycles. The van der Waals surface area contributed by atoms with Crippen LogP contribution in [0.25, 0.3) is 0 Å². The van der Waals surface area contributed by atoms with Crippen LogP contribution < -0.4 is 9.04 Å². The number of benzene rings is 3. The molecule has 0 heterocycles. The maximum atomic E-state index is 12.7. The maximum Gasteiger partial charge on any atom is 0.269 e. The lowest BCUT2D eigenvalue weighted by atomic mass is 10.2. The van der Waals surface area contributed by atoms with Crippen molar-refractivity contribution in [3.05, 3.63) is 94.5 Å². The molecule has 0 unspecified atom stereocenters. The van der Waals surface area contributed by atoms with Crippen molar-refractivity contribution in [2.45, 2.75) is 11.5 Å². The molecule has 3 rings (SSSR count). The smallest absolute Gasteiger partial charge is 0.269 e. The van der Waals surface area contributed by atoms with Crippen molar-refractivity contribution in [2.75, 3.05) is 11.4 Å². The van der Waals surface area contributed by atoms with E-state index in [-0.39, 0.29) is 10.6 Å². The first-order valence-corrected chi connectivity index (χ1v) is 9.82. The van der Waals surface area contributed by atoms with E-state index in [1.54, 1.807) is 24.3 Å². The first kappa shape index (κ1) is 19.4. The second kappa shape index (κ2) is 8.10. The van der Waals surface area contributed by atoms with E-state index in [0.29, 0.717) is 18.0 Å². The molecule has 0 saturated heterocycles. The van der Waals surface area contributed by atoms with Crippen molar-refractivity contribution >= 4 is 21.4 Å². The Kier molecular flexibility index (Phi) is 5.60. The summed E-state index contributed by atoms with van der Waals surface area (Å²) >= 11 is 0. The lowest BCUT2D eigenvalue weighted by Crippen LogP contribution is -2.26. The highest BCUT2D eigenvalue weighted by Gasteiger charge is 2.22. The molecule has 8 heteroatoms. The van der Waals surface area contributed by atoms with Crippen LogP contribution in [-0.4, -0.2) is 20.4 Å². The molecule has 28 heavy (non-hydrogen) atoms. The Morgan fingerprint density at radius 2 is 1.54 bits per heavy atom. The molecule has 7 nitrogen and oxygen atoms in total. The van der Waals surface area contributed by atoms with Gasteiger partial charge in [-0.2, -0.15) is 0 Å². The van der Waals surface area contributed by atoms with Crippen LogP contribution in [0.15, 0.2) is 83.8 Å². The van der Waals surface area contributed by atoms with Crippen molar-refractivity contribution in [3.63, 3.8) is 0 Å². The quantitative estimate of drug-likeness (QED) is 0.443. The fourth-order valence-electron chi connectivity index (χ4n) is 2.53. The minimum absolute atomic E-state index is 0.0231. The maximum absolute atomic E-state index is 12.7. The summed E-state index contributed by atoms with van der Waals surface area (Å²) in [5.41, 5.74) is 1.32. The van der Waals surface area contributed by atoms with Gasteiger partial charge in [-0.25, -0.2) is 8.42 Å². The predicted molar refractivity (Wildman–Crippen MR) is 106 cm³/mol. The third kappa shape index (κ3) is 4.29. The summed E-state index contributed by atoms with van der Waals surface area (Å²) in [6, 6.07) is 21.2. The standard InChI is InChI=1S/C20H18N2O5S/c1-21(28(25,26)20-13-9-18(10-14-20)22(23)24)17-7-11-19(12-8-17)27-15-16-5-3-2-4-6-16/h2-14H,15H2,1H3. The number of rotatable bonds is 7. The van der Waals surface area contributed by atoms with Gasteiger partial charge in [-0.1, -0.05) is 30.3 Å². The van der Waals surface area contributed by atoms with Crippen LogP contribution in [0.2, 0.25) is 0 Å². The molecule has 0 aliphatic carbocycles. The fourth-order valence-corrected chi connectivity index (χ4v) is 3.73. The molecular formula is C20H18N2O5S. The normalized spacial score (nSPS) is 11.0. The summed E-state index contributed by atoms with van der Waals surface area (Å²) in [6.45, 7) is 0.414. The molecule has 0 fully saturated rings. The first-order valence-electron chi connectivity index (χ1n) is 8.38. The summed E-state index contributed by atoms with van der Waals surface area (Å²) < 4.78 is 32.3. The van der Waals surface area contributed by atoms with Crippen molar-refractivity contribution in [2.24, 2.45) is 0 Å². The van der Waals surface area contributed by atoms with E-state index in [9.17, 15) is 18.5 Å². The molecule has 0 aromatic heterocycles. The third-order valence-corrected chi connectivity index (χ3v) is 5.95. The number of ether oxygens (including phenoxy) is 1. The van der Waals surface area contributed by atoms with Gasteiger partial charge in [0.1, 0.15) is 12.4 Å². The number of anilines is 1. The zero-order valence-electron chi connectivity index (χ0n) is 15.1. The number of nitro groups is 1. The van der Waals surface area contributed by atoms with Crippen molar-refractivity contribution in [1.29, 1.82) is 0 Å². The van der Waals surface area contributed by atoms with E-state index in [2.05, 4.69) is 0 Å². The number of hydrogen-bond donors (Lipinski definition) is 0. The number of nitro benzene ring substituents is 1. The monoisotopic (exact) mass is 398 g/mol. The van der Waals surface area contributed by atoms with Crippen LogP contribution in [-0.2, 0) is 16.6 Å². The minimum atomic E-state index is -3.83. The van der Waals surface area contributed by atoms with Crippen LogP contribution >= 0.6 is 0 Å². The molecule has 3 aromatic carbocycles. The fraction of sp³-hybridized carbons (Fsp3) is 0.100. The molecule has 144 valence electrons.